The molecular formula is C19H23NO3. The summed E-state index contributed by atoms with van der Waals surface area (Å²) in [6.45, 7) is 5.02. The number of hydrogen-bond acceptors (Lipinski definition) is 3. The summed E-state index contributed by atoms with van der Waals surface area (Å²) in [6.07, 6.45) is 1.02. The van der Waals surface area contributed by atoms with Gasteiger partial charge in [-0.05, 0) is 48.7 Å². The fraction of sp³-hybridized carbons (Fsp3) is 0.316. The SMILES string of the molecule is CC(C)CCOc1ccc(NC(=O)COc2ccccc2)cc1. The number of carbonyl (C=O) groups is 1. The summed E-state index contributed by atoms with van der Waals surface area (Å²) in [5, 5.41) is 2.79. The quantitative estimate of drug-likeness (QED) is 0.797. The second-order valence-corrected chi connectivity index (χ2v) is 5.71. The lowest BCUT2D eigenvalue weighted by Gasteiger charge is -2.10. The Morgan fingerprint density at radius 3 is 2.26 bits per heavy atom. The maximum atomic E-state index is 11.9. The normalized spacial score (nSPS) is 10.4. The standard InChI is InChI=1S/C19H23NO3/c1-15(2)12-13-22-18-10-8-16(9-11-18)20-19(21)14-23-17-6-4-3-5-7-17/h3-11,15H,12-14H2,1-2H3,(H,20,21). The number of nitrogens with one attached hydrogen (secondary N) is 1. The lowest BCUT2D eigenvalue weighted by molar-refractivity contribution is -0.118. The summed E-state index contributed by atoms with van der Waals surface area (Å²) >= 11 is 0. The number of hydrogen-bond donors (Lipinski definition) is 1. The number of para-hydroxylation sites is 1. The first-order valence-electron chi connectivity index (χ1n) is 7.84. The van der Waals surface area contributed by atoms with Gasteiger partial charge in [0.2, 0.25) is 0 Å². The molecule has 0 saturated heterocycles. The van der Waals surface area contributed by atoms with E-state index in [-0.39, 0.29) is 12.5 Å². The summed E-state index contributed by atoms with van der Waals surface area (Å²) in [5.41, 5.74) is 0.725. The van der Waals surface area contributed by atoms with Crippen molar-refractivity contribution in [2.75, 3.05) is 18.5 Å². The summed E-state index contributed by atoms with van der Waals surface area (Å²) in [5.74, 6) is 1.92. The summed E-state index contributed by atoms with van der Waals surface area (Å²) in [6, 6.07) is 16.6. The van der Waals surface area contributed by atoms with Crippen molar-refractivity contribution < 1.29 is 14.3 Å². The number of amides is 1. The molecule has 1 N–H and O–H groups in total. The molecule has 2 aromatic rings. The first-order valence-corrected chi connectivity index (χ1v) is 7.84. The lowest BCUT2D eigenvalue weighted by atomic mass is 10.1. The molecule has 0 bridgehead atoms. The third kappa shape index (κ3) is 6.43. The van der Waals surface area contributed by atoms with Gasteiger partial charge >= 0.3 is 0 Å². The minimum absolute atomic E-state index is 0.0172. The van der Waals surface area contributed by atoms with Gasteiger partial charge in [-0.1, -0.05) is 32.0 Å². The molecular weight excluding hydrogens is 290 g/mol. The second kappa shape index (κ2) is 8.83. The molecule has 0 radical (unpaired) electrons. The number of carbonyl (C=O) groups excluding carboxylic acids is 1. The van der Waals surface area contributed by atoms with Crippen LogP contribution in [-0.4, -0.2) is 19.1 Å². The van der Waals surface area contributed by atoms with Crippen molar-refractivity contribution in [3.05, 3.63) is 54.6 Å². The van der Waals surface area contributed by atoms with Crippen molar-refractivity contribution in [1.82, 2.24) is 0 Å². The highest BCUT2D eigenvalue weighted by Gasteiger charge is 2.04. The molecule has 23 heavy (non-hydrogen) atoms. The van der Waals surface area contributed by atoms with Crippen molar-refractivity contribution in [3.63, 3.8) is 0 Å². The molecule has 1 amide bonds. The van der Waals surface area contributed by atoms with Crippen LogP contribution in [0.2, 0.25) is 0 Å². The fourth-order valence-electron chi connectivity index (χ4n) is 1.91. The van der Waals surface area contributed by atoms with Gasteiger partial charge in [-0.15, -0.1) is 0 Å². The maximum Gasteiger partial charge on any atom is 0.262 e. The molecule has 0 atom stereocenters. The molecule has 122 valence electrons. The smallest absolute Gasteiger partial charge is 0.262 e. The number of ether oxygens (including phenoxy) is 2. The van der Waals surface area contributed by atoms with Crippen molar-refractivity contribution >= 4 is 11.6 Å². The molecule has 2 aromatic carbocycles. The predicted molar refractivity (Wildman–Crippen MR) is 92.0 cm³/mol. The van der Waals surface area contributed by atoms with Gasteiger partial charge in [0.05, 0.1) is 6.61 Å². The molecule has 0 spiro atoms. The first-order chi connectivity index (χ1) is 11.1. The average molecular weight is 313 g/mol. The number of benzene rings is 2. The van der Waals surface area contributed by atoms with Crippen LogP contribution in [0.5, 0.6) is 11.5 Å². The minimum atomic E-state index is -0.192. The van der Waals surface area contributed by atoms with E-state index in [1.54, 1.807) is 0 Å². The van der Waals surface area contributed by atoms with Gasteiger partial charge in [0.1, 0.15) is 11.5 Å². The second-order valence-electron chi connectivity index (χ2n) is 5.71. The van der Waals surface area contributed by atoms with E-state index in [4.69, 9.17) is 9.47 Å². The molecule has 4 heteroatoms. The van der Waals surface area contributed by atoms with Crippen LogP contribution in [0, 0.1) is 5.92 Å². The minimum Gasteiger partial charge on any atom is -0.494 e. The van der Waals surface area contributed by atoms with E-state index in [2.05, 4.69) is 19.2 Å². The Morgan fingerprint density at radius 2 is 1.61 bits per heavy atom. The molecule has 0 heterocycles. The van der Waals surface area contributed by atoms with Crippen molar-refractivity contribution in [2.45, 2.75) is 20.3 Å². The van der Waals surface area contributed by atoms with Gasteiger partial charge in [0, 0.05) is 5.69 Å². The topological polar surface area (TPSA) is 47.6 Å². The number of anilines is 1. The average Bonchev–Trinajstić information content (AvgIpc) is 2.55. The largest absolute Gasteiger partial charge is 0.494 e. The van der Waals surface area contributed by atoms with Crippen molar-refractivity contribution in [1.29, 1.82) is 0 Å². The van der Waals surface area contributed by atoms with E-state index in [0.29, 0.717) is 18.3 Å². The van der Waals surface area contributed by atoms with Crippen LogP contribution in [0.3, 0.4) is 0 Å². The van der Waals surface area contributed by atoms with Crippen LogP contribution in [0.25, 0.3) is 0 Å². The zero-order valence-corrected chi connectivity index (χ0v) is 13.6. The molecule has 0 saturated carbocycles. The van der Waals surface area contributed by atoms with E-state index < -0.39 is 0 Å². The molecule has 0 aliphatic carbocycles. The van der Waals surface area contributed by atoms with Gasteiger partial charge in [-0.2, -0.15) is 0 Å². The van der Waals surface area contributed by atoms with Crippen molar-refractivity contribution in [2.24, 2.45) is 5.92 Å². The molecule has 0 aliphatic heterocycles. The molecule has 0 fully saturated rings. The van der Waals surface area contributed by atoms with E-state index in [1.165, 1.54) is 0 Å². The fourth-order valence-corrected chi connectivity index (χ4v) is 1.91. The lowest BCUT2D eigenvalue weighted by Crippen LogP contribution is -2.20. The van der Waals surface area contributed by atoms with E-state index in [9.17, 15) is 4.79 Å². The molecule has 4 nitrogen and oxygen atoms in total. The van der Waals surface area contributed by atoms with Crippen LogP contribution < -0.4 is 14.8 Å². The van der Waals surface area contributed by atoms with Crippen LogP contribution in [0.4, 0.5) is 5.69 Å². The maximum absolute atomic E-state index is 11.9. The Balaban J connectivity index is 1.75. The van der Waals surface area contributed by atoms with Gasteiger partial charge < -0.3 is 14.8 Å². The summed E-state index contributed by atoms with van der Waals surface area (Å²) < 4.78 is 11.0. The van der Waals surface area contributed by atoms with Gasteiger partial charge in [-0.25, -0.2) is 0 Å². The predicted octanol–water partition coefficient (Wildman–Crippen LogP) is 4.13. The van der Waals surface area contributed by atoms with Crippen LogP contribution in [0.15, 0.2) is 54.6 Å². The molecule has 0 aliphatic rings. The highest BCUT2D eigenvalue weighted by molar-refractivity contribution is 5.91. The molecule has 2 rings (SSSR count). The Hall–Kier alpha value is -2.49. The first kappa shape index (κ1) is 16.9. The van der Waals surface area contributed by atoms with Gasteiger partial charge in [-0.3, -0.25) is 4.79 Å². The zero-order valence-electron chi connectivity index (χ0n) is 13.6. The Labute approximate surface area is 137 Å². The van der Waals surface area contributed by atoms with Gasteiger partial charge in [0.15, 0.2) is 6.61 Å². The summed E-state index contributed by atoms with van der Waals surface area (Å²) in [7, 11) is 0. The molecule has 0 aromatic heterocycles. The van der Waals surface area contributed by atoms with E-state index >= 15 is 0 Å². The monoisotopic (exact) mass is 313 g/mol. The third-order valence-electron chi connectivity index (χ3n) is 3.22. The Bertz CT molecular complexity index is 594. The summed E-state index contributed by atoms with van der Waals surface area (Å²) in [4.78, 5) is 11.9. The van der Waals surface area contributed by atoms with Crippen LogP contribution >= 0.6 is 0 Å². The highest BCUT2D eigenvalue weighted by Crippen LogP contribution is 2.16. The Morgan fingerprint density at radius 1 is 0.957 bits per heavy atom. The van der Waals surface area contributed by atoms with E-state index in [1.807, 2.05) is 54.6 Å². The highest BCUT2D eigenvalue weighted by atomic mass is 16.5. The van der Waals surface area contributed by atoms with Crippen LogP contribution in [-0.2, 0) is 4.79 Å². The van der Waals surface area contributed by atoms with Crippen LogP contribution in [0.1, 0.15) is 20.3 Å². The van der Waals surface area contributed by atoms with Gasteiger partial charge in [0.25, 0.3) is 5.91 Å². The van der Waals surface area contributed by atoms with Crippen molar-refractivity contribution in [3.8, 4) is 11.5 Å². The third-order valence-corrected chi connectivity index (χ3v) is 3.22. The van der Waals surface area contributed by atoms with E-state index in [0.717, 1.165) is 17.9 Å². The number of rotatable bonds is 8. The Kier molecular flexibility index (Phi) is 6.48. The molecule has 0 unspecified atom stereocenters. The zero-order chi connectivity index (χ0) is 16.5.